The van der Waals surface area contributed by atoms with Crippen molar-refractivity contribution in [2.75, 3.05) is 32.9 Å². The normalized spacial score (nSPS) is 13.2. The van der Waals surface area contributed by atoms with E-state index >= 15 is 0 Å². The lowest BCUT2D eigenvalue weighted by Gasteiger charge is -2.29. The summed E-state index contributed by atoms with van der Waals surface area (Å²) in [6.07, 6.45) is -0.287. The molecule has 1 unspecified atom stereocenters. The summed E-state index contributed by atoms with van der Waals surface area (Å²) in [5.74, 6) is 0.548. The van der Waals surface area contributed by atoms with E-state index in [-0.39, 0.29) is 6.23 Å². The molecule has 136 valence electrons. The molecule has 0 aliphatic carbocycles. The summed E-state index contributed by atoms with van der Waals surface area (Å²) in [4.78, 5) is 1.97. The maximum Gasteiger partial charge on any atom is 0.501 e. The molecule has 0 rings (SSSR count). The number of nitrogens with zero attached hydrogens (tertiary/aromatic N) is 1. The van der Waals surface area contributed by atoms with E-state index in [1.54, 1.807) is 6.92 Å². The largest absolute Gasteiger partial charge is 0.501 e. The van der Waals surface area contributed by atoms with Gasteiger partial charge in [-0.25, -0.2) is 0 Å². The van der Waals surface area contributed by atoms with Crippen LogP contribution in [-0.4, -0.2) is 57.9 Å². The molecule has 1 N–H and O–H groups in total. The molecule has 0 radical (unpaired) electrons. The van der Waals surface area contributed by atoms with E-state index in [1.165, 1.54) is 0 Å². The van der Waals surface area contributed by atoms with Crippen LogP contribution in [0, 0.1) is 5.92 Å². The molecule has 0 saturated carbocycles. The van der Waals surface area contributed by atoms with Gasteiger partial charge in [0.2, 0.25) is 0 Å². The van der Waals surface area contributed by atoms with Gasteiger partial charge in [0.1, 0.15) is 6.23 Å². The second kappa shape index (κ2) is 14.6. The van der Waals surface area contributed by atoms with Gasteiger partial charge in [-0.05, 0) is 46.7 Å². The summed E-state index contributed by atoms with van der Waals surface area (Å²) in [6, 6.07) is 0.905. The highest BCUT2D eigenvalue weighted by molar-refractivity contribution is 6.60. The monoisotopic (exact) mass is 337 g/mol. The molecule has 0 spiro atoms. The molecule has 0 aliphatic heterocycles. The molecule has 0 bridgehead atoms. The SMILES string of the molecule is CCN(CC)C(C)O.CCO[Si](CC(C)C)(OCC)OCC. The van der Waals surface area contributed by atoms with Crippen LogP contribution in [0.15, 0.2) is 0 Å². The standard InChI is InChI=1S/C10H24O3Si.C6H15NO/c1-6-11-14(12-7-2,13-8-3)9-10(4)5;1-4-7(5-2)6(3)8/h10H,6-9H2,1-5H3;6,8H,4-5H2,1-3H3. The average Bonchev–Trinajstić information content (AvgIpc) is 2.40. The minimum atomic E-state index is -2.36. The van der Waals surface area contributed by atoms with E-state index in [4.69, 9.17) is 18.4 Å². The van der Waals surface area contributed by atoms with Crippen molar-refractivity contribution in [2.24, 2.45) is 5.92 Å². The predicted molar refractivity (Wildman–Crippen MR) is 94.9 cm³/mol. The molecular weight excluding hydrogens is 298 g/mol. The van der Waals surface area contributed by atoms with Crippen molar-refractivity contribution in [1.82, 2.24) is 4.90 Å². The van der Waals surface area contributed by atoms with Gasteiger partial charge in [0.15, 0.2) is 0 Å². The van der Waals surface area contributed by atoms with E-state index in [0.717, 1.165) is 19.1 Å². The van der Waals surface area contributed by atoms with Crippen LogP contribution in [0.4, 0.5) is 0 Å². The van der Waals surface area contributed by atoms with Crippen LogP contribution in [0.1, 0.15) is 55.4 Å². The summed E-state index contributed by atoms with van der Waals surface area (Å²) in [5, 5.41) is 8.94. The van der Waals surface area contributed by atoms with Gasteiger partial charge in [-0.2, -0.15) is 0 Å². The highest BCUT2D eigenvalue weighted by Gasteiger charge is 2.40. The summed E-state index contributed by atoms with van der Waals surface area (Å²) >= 11 is 0. The Labute approximate surface area is 139 Å². The van der Waals surface area contributed by atoms with Gasteiger partial charge in [0.25, 0.3) is 0 Å². The van der Waals surface area contributed by atoms with Crippen molar-refractivity contribution in [3.05, 3.63) is 0 Å². The Morgan fingerprint density at radius 1 is 0.818 bits per heavy atom. The number of hydrogen-bond donors (Lipinski definition) is 1. The number of hydrogen-bond acceptors (Lipinski definition) is 5. The first-order valence-corrected chi connectivity index (χ1v) is 10.6. The Bertz CT molecular complexity index is 219. The van der Waals surface area contributed by atoms with Crippen molar-refractivity contribution < 1.29 is 18.4 Å². The van der Waals surface area contributed by atoms with Gasteiger partial charge in [-0.3, -0.25) is 4.90 Å². The first-order valence-electron chi connectivity index (χ1n) is 8.66. The fourth-order valence-corrected chi connectivity index (χ4v) is 5.14. The summed E-state index contributed by atoms with van der Waals surface area (Å²) < 4.78 is 17.1. The van der Waals surface area contributed by atoms with E-state index < -0.39 is 8.80 Å². The summed E-state index contributed by atoms with van der Waals surface area (Å²) in [7, 11) is -2.36. The van der Waals surface area contributed by atoms with Crippen LogP contribution in [0.3, 0.4) is 0 Å². The molecular formula is C16H39NO4Si. The molecule has 0 aromatic rings. The van der Waals surface area contributed by atoms with E-state index in [1.807, 2.05) is 39.5 Å². The third kappa shape index (κ3) is 11.6. The number of aliphatic hydroxyl groups is 1. The lowest BCUT2D eigenvalue weighted by molar-refractivity contribution is 0.0265. The minimum Gasteiger partial charge on any atom is -0.379 e. The van der Waals surface area contributed by atoms with Gasteiger partial charge in [0.05, 0.1) is 0 Å². The molecule has 0 saturated heterocycles. The van der Waals surface area contributed by atoms with Crippen molar-refractivity contribution in [3.63, 3.8) is 0 Å². The second-order valence-electron chi connectivity index (χ2n) is 5.43. The molecule has 1 atom stereocenters. The van der Waals surface area contributed by atoms with Gasteiger partial charge >= 0.3 is 8.80 Å². The van der Waals surface area contributed by atoms with Crippen LogP contribution in [0.2, 0.25) is 6.04 Å². The summed E-state index contributed by atoms with van der Waals surface area (Å²) in [5.41, 5.74) is 0. The smallest absolute Gasteiger partial charge is 0.379 e. The zero-order chi connectivity index (χ0) is 17.6. The Kier molecular flexibility index (Phi) is 16.1. The molecule has 5 nitrogen and oxygen atoms in total. The van der Waals surface area contributed by atoms with Gasteiger partial charge < -0.3 is 18.4 Å². The van der Waals surface area contributed by atoms with Crippen LogP contribution in [0.25, 0.3) is 0 Å². The molecule has 0 heterocycles. The topological polar surface area (TPSA) is 51.2 Å². The quantitative estimate of drug-likeness (QED) is 0.463. The van der Waals surface area contributed by atoms with Gasteiger partial charge in [0, 0.05) is 25.9 Å². The number of aliphatic hydroxyl groups excluding tert-OH is 1. The fraction of sp³-hybridized carbons (Fsp3) is 1.00. The third-order valence-electron chi connectivity index (χ3n) is 3.09. The van der Waals surface area contributed by atoms with E-state index in [0.29, 0.717) is 25.7 Å². The number of rotatable bonds is 11. The first-order chi connectivity index (χ1) is 10.3. The molecule has 6 heteroatoms. The zero-order valence-corrected chi connectivity index (χ0v) is 17.0. The van der Waals surface area contributed by atoms with Gasteiger partial charge in [-0.15, -0.1) is 0 Å². The maximum atomic E-state index is 8.94. The molecule has 0 aliphatic rings. The van der Waals surface area contributed by atoms with E-state index in [9.17, 15) is 0 Å². The van der Waals surface area contributed by atoms with Crippen LogP contribution >= 0.6 is 0 Å². The first kappa shape index (κ1) is 24.3. The molecule has 0 aromatic heterocycles. The van der Waals surface area contributed by atoms with Crippen LogP contribution in [0.5, 0.6) is 0 Å². The lowest BCUT2D eigenvalue weighted by Crippen LogP contribution is -2.46. The average molecular weight is 338 g/mol. The molecule has 0 fully saturated rings. The third-order valence-corrected chi connectivity index (χ3v) is 6.59. The van der Waals surface area contributed by atoms with Crippen molar-refractivity contribution in [2.45, 2.75) is 67.7 Å². The fourth-order valence-electron chi connectivity index (χ4n) is 2.21. The Balaban J connectivity index is 0. The van der Waals surface area contributed by atoms with Crippen molar-refractivity contribution in [3.8, 4) is 0 Å². The summed E-state index contributed by atoms with van der Waals surface area (Å²) in [6.45, 7) is 20.0. The maximum absolute atomic E-state index is 8.94. The molecule has 0 aromatic carbocycles. The highest BCUT2D eigenvalue weighted by Crippen LogP contribution is 2.21. The minimum absolute atomic E-state index is 0.287. The lowest BCUT2D eigenvalue weighted by atomic mass is 10.3. The molecule has 0 amide bonds. The zero-order valence-electron chi connectivity index (χ0n) is 16.0. The van der Waals surface area contributed by atoms with Crippen molar-refractivity contribution >= 4 is 8.80 Å². The Hall–Kier alpha value is 0.0169. The van der Waals surface area contributed by atoms with Crippen molar-refractivity contribution in [1.29, 1.82) is 0 Å². The molecule has 22 heavy (non-hydrogen) atoms. The van der Waals surface area contributed by atoms with Gasteiger partial charge in [-0.1, -0.05) is 27.7 Å². The Morgan fingerprint density at radius 2 is 1.18 bits per heavy atom. The Morgan fingerprint density at radius 3 is 1.32 bits per heavy atom. The van der Waals surface area contributed by atoms with Crippen LogP contribution < -0.4 is 0 Å². The van der Waals surface area contributed by atoms with E-state index in [2.05, 4.69) is 13.8 Å². The van der Waals surface area contributed by atoms with Crippen LogP contribution in [-0.2, 0) is 13.3 Å². The second-order valence-corrected chi connectivity index (χ2v) is 8.07. The predicted octanol–water partition coefficient (Wildman–Crippen LogP) is 3.36. The highest BCUT2D eigenvalue weighted by atomic mass is 28.4.